The van der Waals surface area contributed by atoms with Crippen LogP contribution in [0.4, 0.5) is 0 Å². The standard InChI is InChI=1S/C21H22ClNO3/c1-13(10-20(24)25)21-14(2)18-11-17(26-3)8-9-19(18)23(21)12-15-4-6-16(22)7-5-15/h4-9,11,13H,10,12H2,1-3H3,(H,24,25). The van der Waals surface area contributed by atoms with Gasteiger partial charge in [0.05, 0.1) is 13.5 Å². The fourth-order valence-corrected chi connectivity index (χ4v) is 3.71. The van der Waals surface area contributed by atoms with E-state index in [1.54, 1.807) is 7.11 Å². The Morgan fingerprint density at radius 2 is 1.92 bits per heavy atom. The predicted molar refractivity (Wildman–Crippen MR) is 104 cm³/mol. The Bertz CT molecular complexity index is 944. The van der Waals surface area contributed by atoms with E-state index in [1.165, 1.54) is 0 Å². The number of carbonyl (C=O) groups is 1. The van der Waals surface area contributed by atoms with Crippen LogP contribution in [-0.2, 0) is 11.3 Å². The molecule has 26 heavy (non-hydrogen) atoms. The number of aryl methyl sites for hydroxylation is 1. The van der Waals surface area contributed by atoms with Gasteiger partial charge in [-0.25, -0.2) is 0 Å². The third-order valence-electron chi connectivity index (χ3n) is 4.78. The number of ether oxygens (including phenoxy) is 1. The third-order valence-corrected chi connectivity index (χ3v) is 5.03. The van der Waals surface area contributed by atoms with Crippen LogP contribution in [0.5, 0.6) is 5.75 Å². The fourth-order valence-electron chi connectivity index (χ4n) is 3.59. The molecule has 1 unspecified atom stereocenters. The Morgan fingerprint density at radius 3 is 2.54 bits per heavy atom. The van der Waals surface area contributed by atoms with Crippen molar-refractivity contribution in [3.63, 3.8) is 0 Å². The molecule has 0 aliphatic carbocycles. The molecular formula is C21H22ClNO3. The number of fused-ring (bicyclic) bond motifs is 1. The summed E-state index contributed by atoms with van der Waals surface area (Å²) >= 11 is 6.00. The molecule has 3 aromatic rings. The van der Waals surface area contributed by atoms with Gasteiger partial charge in [-0.3, -0.25) is 4.79 Å². The van der Waals surface area contributed by atoms with Crippen LogP contribution in [0.15, 0.2) is 42.5 Å². The number of aromatic nitrogens is 1. The van der Waals surface area contributed by atoms with Crippen molar-refractivity contribution in [2.75, 3.05) is 7.11 Å². The maximum Gasteiger partial charge on any atom is 0.304 e. The molecule has 5 heteroatoms. The van der Waals surface area contributed by atoms with Gasteiger partial charge >= 0.3 is 5.97 Å². The minimum absolute atomic E-state index is 0.0922. The lowest BCUT2D eigenvalue weighted by atomic mass is 9.99. The summed E-state index contributed by atoms with van der Waals surface area (Å²) in [4.78, 5) is 11.3. The molecule has 2 aromatic carbocycles. The molecule has 0 fully saturated rings. The van der Waals surface area contributed by atoms with Crippen molar-refractivity contribution < 1.29 is 14.6 Å². The Hall–Kier alpha value is -2.46. The van der Waals surface area contributed by atoms with Gasteiger partial charge in [-0.1, -0.05) is 30.7 Å². The smallest absolute Gasteiger partial charge is 0.304 e. The molecule has 0 spiro atoms. The Labute approximate surface area is 158 Å². The van der Waals surface area contributed by atoms with Crippen LogP contribution in [0, 0.1) is 6.92 Å². The van der Waals surface area contributed by atoms with Crippen LogP contribution < -0.4 is 4.74 Å². The topological polar surface area (TPSA) is 51.5 Å². The number of benzene rings is 2. The van der Waals surface area contributed by atoms with Crippen molar-refractivity contribution in [1.29, 1.82) is 0 Å². The summed E-state index contributed by atoms with van der Waals surface area (Å²) in [5, 5.41) is 11.0. The van der Waals surface area contributed by atoms with E-state index in [1.807, 2.05) is 56.3 Å². The zero-order valence-electron chi connectivity index (χ0n) is 15.1. The average Bonchev–Trinajstić information content (AvgIpc) is 2.88. The number of hydrogen-bond donors (Lipinski definition) is 1. The maximum atomic E-state index is 11.3. The van der Waals surface area contributed by atoms with Crippen LogP contribution in [-0.4, -0.2) is 22.8 Å². The Kier molecular flexibility index (Phi) is 5.23. The molecule has 1 N–H and O–H groups in total. The molecule has 136 valence electrons. The summed E-state index contributed by atoms with van der Waals surface area (Å²) in [6, 6.07) is 13.7. The maximum absolute atomic E-state index is 11.3. The van der Waals surface area contributed by atoms with Crippen molar-refractivity contribution in [1.82, 2.24) is 4.57 Å². The van der Waals surface area contributed by atoms with Crippen molar-refractivity contribution in [2.45, 2.75) is 32.7 Å². The molecule has 1 aromatic heterocycles. The lowest BCUT2D eigenvalue weighted by molar-refractivity contribution is -0.137. The number of nitrogens with zero attached hydrogens (tertiary/aromatic N) is 1. The minimum atomic E-state index is -0.794. The van der Waals surface area contributed by atoms with E-state index in [0.29, 0.717) is 11.6 Å². The highest BCUT2D eigenvalue weighted by molar-refractivity contribution is 6.30. The molecule has 1 atom stereocenters. The lowest BCUT2D eigenvalue weighted by Gasteiger charge is -2.16. The number of rotatable bonds is 6. The first kappa shape index (κ1) is 18.3. The predicted octanol–water partition coefficient (Wildman–Crippen LogP) is 5.24. The van der Waals surface area contributed by atoms with Gasteiger partial charge in [-0.15, -0.1) is 0 Å². The second-order valence-electron chi connectivity index (χ2n) is 6.60. The van der Waals surface area contributed by atoms with Crippen molar-refractivity contribution in [3.05, 3.63) is 64.3 Å². The number of methoxy groups -OCH3 is 1. The summed E-state index contributed by atoms with van der Waals surface area (Å²) in [5.74, 6) is -0.0994. The van der Waals surface area contributed by atoms with Gasteiger partial charge in [0.25, 0.3) is 0 Å². The van der Waals surface area contributed by atoms with Gasteiger partial charge in [-0.2, -0.15) is 0 Å². The minimum Gasteiger partial charge on any atom is -0.497 e. The van der Waals surface area contributed by atoms with Crippen LogP contribution >= 0.6 is 11.6 Å². The molecule has 0 amide bonds. The van der Waals surface area contributed by atoms with E-state index < -0.39 is 5.97 Å². The van der Waals surface area contributed by atoms with E-state index in [0.717, 1.165) is 33.5 Å². The number of halogens is 1. The fraction of sp³-hybridized carbons (Fsp3) is 0.286. The summed E-state index contributed by atoms with van der Waals surface area (Å²) in [6.07, 6.45) is 0.0922. The zero-order chi connectivity index (χ0) is 18.8. The molecule has 0 saturated carbocycles. The molecule has 0 aliphatic rings. The number of hydrogen-bond acceptors (Lipinski definition) is 2. The van der Waals surface area contributed by atoms with Crippen molar-refractivity contribution >= 4 is 28.5 Å². The van der Waals surface area contributed by atoms with Crippen LogP contribution in [0.1, 0.15) is 36.1 Å². The van der Waals surface area contributed by atoms with Gasteiger partial charge in [0.2, 0.25) is 0 Å². The molecule has 0 aliphatic heterocycles. The SMILES string of the molecule is COc1ccc2c(c1)c(C)c(C(C)CC(=O)O)n2Cc1ccc(Cl)cc1. The second-order valence-corrected chi connectivity index (χ2v) is 7.04. The molecule has 3 rings (SSSR count). The first-order valence-corrected chi connectivity index (χ1v) is 8.91. The van der Waals surface area contributed by atoms with E-state index in [4.69, 9.17) is 16.3 Å². The van der Waals surface area contributed by atoms with E-state index >= 15 is 0 Å². The second kappa shape index (κ2) is 7.42. The lowest BCUT2D eigenvalue weighted by Crippen LogP contribution is -2.11. The summed E-state index contributed by atoms with van der Waals surface area (Å²) < 4.78 is 7.57. The first-order valence-electron chi connectivity index (χ1n) is 8.53. The van der Waals surface area contributed by atoms with Gasteiger partial charge in [0.15, 0.2) is 0 Å². The number of aliphatic carboxylic acids is 1. The van der Waals surface area contributed by atoms with E-state index in [2.05, 4.69) is 4.57 Å². The number of carboxylic acid groups (broad SMARTS) is 1. The van der Waals surface area contributed by atoms with E-state index in [-0.39, 0.29) is 12.3 Å². The molecular weight excluding hydrogens is 350 g/mol. The normalized spacial score (nSPS) is 12.3. The largest absolute Gasteiger partial charge is 0.497 e. The number of carboxylic acids is 1. The monoisotopic (exact) mass is 371 g/mol. The first-order chi connectivity index (χ1) is 12.4. The zero-order valence-corrected chi connectivity index (χ0v) is 15.9. The van der Waals surface area contributed by atoms with Crippen molar-refractivity contribution in [2.24, 2.45) is 0 Å². The highest BCUT2D eigenvalue weighted by Crippen LogP contribution is 2.35. The Balaban J connectivity index is 2.16. The van der Waals surface area contributed by atoms with Gasteiger partial charge in [-0.05, 0) is 48.4 Å². The van der Waals surface area contributed by atoms with Crippen LogP contribution in [0.25, 0.3) is 10.9 Å². The van der Waals surface area contributed by atoms with Crippen LogP contribution in [0.2, 0.25) is 5.02 Å². The molecule has 0 saturated heterocycles. The molecule has 1 heterocycles. The third kappa shape index (κ3) is 3.56. The molecule has 0 bridgehead atoms. The van der Waals surface area contributed by atoms with Gasteiger partial charge in [0.1, 0.15) is 5.75 Å². The van der Waals surface area contributed by atoms with Crippen molar-refractivity contribution in [3.8, 4) is 5.75 Å². The van der Waals surface area contributed by atoms with E-state index in [9.17, 15) is 9.90 Å². The average molecular weight is 372 g/mol. The summed E-state index contributed by atoms with van der Waals surface area (Å²) in [5.41, 5.74) is 4.34. The Morgan fingerprint density at radius 1 is 1.23 bits per heavy atom. The quantitative estimate of drug-likeness (QED) is 0.644. The van der Waals surface area contributed by atoms with Gasteiger partial charge in [0, 0.05) is 34.1 Å². The van der Waals surface area contributed by atoms with Crippen LogP contribution in [0.3, 0.4) is 0 Å². The summed E-state index contributed by atoms with van der Waals surface area (Å²) in [6.45, 7) is 4.67. The highest BCUT2D eigenvalue weighted by Gasteiger charge is 2.21. The summed E-state index contributed by atoms with van der Waals surface area (Å²) in [7, 11) is 1.65. The molecule has 0 radical (unpaired) electrons. The van der Waals surface area contributed by atoms with Gasteiger partial charge < -0.3 is 14.4 Å². The molecule has 4 nitrogen and oxygen atoms in total. The highest BCUT2D eigenvalue weighted by atomic mass is 35.5.